The van der Waals surface area contributed by atoms with Crippen LogP contribution in [0.25, 0.3) is 5.78 Å². The zero-order chi connectivity index (χ0) is 18.1. The van der Waals surface area contributed by atoms with E-state index < -0.39 is 5.91 Å². The van der Waals surface area contributed by atoms with Crippen LogP contribution in [0, 0.1) is 0 Å². The highest BCUT2D eigenvalue weighted by atomic mass is 16.5. The average molecular weight is 352 g/mol. The van der Waals surface area contributed by atoms with Crippen molar-refractivity contribution in [2.24, 2.45) is 0 Å². The number of rotatable bonds is 4. The number of benzene rings is 1. The smallest absolute Gasteiger partial charge is 0.291 e. The van der Waals surface area contributed by atoms with Crippen LogP contribution in [0.3, 0.4) is 0 Å². The summed E-state index contributed by atoms with van der Waals surface area (Å²) in [6.07, 6.45) is 3.47. The van der Waals surface area contributed by atoms with Crippen LogP contribution < -0.4 is 15.0 Å². The summed E-state index contributed by atoms with van der Waals surface area (Å²) in [4.78, 5) is 34.4. The quantitative estimate of drug-likeness (QED) is 0.740. The molecule has 0 spiro atoms. The van der Waals surface area contributed by atoms with Gasteiger partial charge in [-0.1, -0.05) is 0 Å². The first-order valence-corrected chi connectivity index (χ1v) is 8.07. The highest BCUT2D eigenvalue weighted by molar-refractivity contribution is 5.98. The van der Waals surface area contributed by atoms with Gasteiger partial charge in [-0.3, -0.25) is 9.59 Å². The van der Waals surface area contributed by atoms with Gasteiger partial charge in [0.1, 0.15) is 5.75 Å². The zero-order valence-corrected chi connectivity index (χ0v) is 14.0. The van der Waals surface area contributed by atoms with Crippen molar-refractivity contribution in [3.63, 3.8) is 0 Å². The number of ether oxygens (including phenoxy) is 1. The minimum absolute atomic E-state index is 0.0269. The van der Waals surface area contributed by atoms with Crippen molar-refractivity contribution >= 4 is 23.3 Å². The molecule has 1 atom stereocenters. The van der Waals surface area contributed by atoms with Crippen LogP contribution in [-0.2, 0) is 4.79 Å². The molecule has 132 valence electrons. The maximum Gasteiger partial charge on any atom is 0.291 e. The number of anilines is 1. The van der Waals surface area contributed by atoms with E-state index in [1.54, 1.807) is 42.6 Å². The molecule has 1 saturated heterocycles. The lowest BCUT2D eigenvalue weighted by atomic mass is 10.2. The van der Waals surface area contributed by atoms with Gasteiger partial charge in [-0.2, -0.15) is 4.98 Å². The molecule has 0 bridgehead atoms. The third kappa shape index (κ3) is 2.94. The Hall–Kier alpha value is -3.49. The molecule has 0 radical (unpaired) electrons. The molecule has 1 N–H and O–H groups in total. The van der Waals surface area contributed by atoms with Gasteiger partial charge in [0, 0.05) is 31.0 Å². The summed E-state index contributed by atoms with van der Waals surface area (Å²) in [6, 6.07) is 8.61. The van der Waals surface area contributed by atoms with E-state index in [4.69, 9.17) is 4.74 Å². The van der Waals surface area contributed by atoms with Crippen LogP contribution >= 0.6 is 0 Å². The van der Waals surface area contributed by atoms with Crippen molar-refractivity contribution < 1.29 is 14.3 Å². The first-order valence-electron chi connectivity index (χ1n) is 8.07. The number of nitrogens with zero attached hydrogens (tertiary/aromatic N) is 5. The van der Waals surface area contributed by atoms with Crippen molar-refractivity contribution in [2.45, 2.75) is 12.5 Å². The summed E-state index contributed by atoms with van der Waals surface area (Å²) in [5, 5.41) is 6.91. The normalized spacial score (nSPS) is 16.9. The van der Waals surface area contributed by atoms with Crippen LogP contribution in [-0.4, -0.2) is 51.1 Å². The average Bonchev–Trinajstić information content (AvgIpc) is 3.25. The molecule has 0 aliphatic carbocycles. The number of nitrogens with one attached hydrogen (secondary N) is 1. The standard InChI is InChI=1S/C17H16N6O3/c1-26-13-5-3-12(4-6-13)22-10-11(9-14(22)24)19-16(25)15-20-17-18-7-2-8-23(17)21-15/h2-8,11H,9-10H2,1H3,(H,19,25)/t11-/m1/s1. The number of methoxy groups -OCH3 is 1. The fraction of sp³-hybridized carbons (Fsp3) is 0.235. The summed E-state index contributed by atoms with van der Waals surface area (Å²) in [5.74, 6) is 0.616. The van der Waals surface area contributed by atoms with Crippen LogP contribution in [0.5, 0.6) is 5.75 Å². The number of aromatic nitrogens is 4. The number of carbonyl (C=O) groups excluding carboxylic acids is 2. The van der Waals surface area contributed by atoms with E-state index in [-0.39, 0.29) is 24.2 Å². The Labute approximate surface area is 148 Å². The second-order valence-electron chi connectivity index (χ2n) is 5.88. The molecule has 3 aromatic rings. The number of amides is 2. The molecule has 9 heteroatoms. The highest BCUT2D eigenvalue weighted by Crippen LogP contribution is 2.24. The van der Waals surface area contributed by atoms with Gasteiger partial charge in [-0.15, -0.1) is 5.10 Å². The van der Waals surface area contributed by atoms with Gasteiger partial charge in [0.15, 0.2) is 0 Å². The van der Waals surface area contributed by atoms with Gasteiger partial charge < -0.3 is 15.0 Å². The molecule has 3 heterocycles. The number of fused-ring (bicyclic) bond motifs is 1. The molecule has 0 unspecified atom stereocenters. The van der Waals surface area contributed by atoms with Crippen molar-refractivity contribution in [3.8, 4) is 5.75 Å². The Bertz CT molecular complexity index is 935. The van der Waals surface area contributed by atoms with Gasteiger partial charge in [0.25, 0.3) is 11.7 Å². The Morgan fingerprint density at radius 1 is 1.31 bits per heavy atom. The molecule has 1 aliphatic heterocycles. The van der Waals surface area contributed by atoms with Crippen LogP contribution in [0.4, 0.5) is 5.69 Å². The van der Waals surface area contributed by atoms with E-state index >= 15 is 0 Å². The van der Waals surface area contributed by atoms with E-state index in [1.807, 2.05) is 12.1 Å². The molecule has 4 rings (SSSR count). The zero-order valence-electron chi connectivity index (χ0n) is 14.0. The second kappa shape index (κ2) is 6.43. The molecule has 26 heavy (non-hydrogen) atoms. The van der Waals surface area contributed by atoms with Gasteiger partial charge >= 0.3 is 0 Å². The summed E-state index contributed by atoms with van der Waals surface area (Å²) in [6.45, 7) is 0.391. The van der Waals surface area contributed by atoms with Gasteiger partial charge in [0.2, 0.25) is 11.7 Å². The van der Waals surface area contributed by atoms with Crippen molar-refractivity contribution in [2.75, 3.05) is 18.6 Å². The Kier molecular flexibility index (Phi) is 3.96. The molecular weight excluding hydrogens is 336 g/mol. The first-order chi connectivity index (χ1) is 12.6. The van der Waals surface area contributed by atoms with E-state index in [0.29, 0.717) is 12.3 Å². The number of carbonyl (C=O) groups is 2. The van der Waals surface area contributed by atoms with Gasteiger partial charge in [0.05, 0.1) is 13.2 Å². The Morgan fingerprint density at radius 3 is 2.85 bits per heavy atom. The van der Waals surface area contributed by atoms with Gasteiger partial charge in [-0.25, -0.2) is 9.50 Å². The summed E-state index contributed by atoms with van der Waals surface area (Å²) in [5.41, 5.74) is 0.766. The van der Waals surface area contributed by atoms with E-state index in [1.165, 1.54) is 4.52 Å². The number of hydrogen-bond acceptors (Lipinski definition) is 6. The molecule has 2 amide bonds. The third-order valence-corrected chi connectivity index (χ3v) is 4.16. The summed E-state index contributed by atoms with van der Waals surface area (Å²) < 4.78 is 6.55. The molecule has 1 aliphatic rings. The van der Waals surface area contributed by atoms with Crippen molar-refractivity contribution in [3.05, 3.63) is 48.5 Å². The monoisotopic (exact) mass is 352 g/mol. The second-order valence-corrected chi connectivity index (χ2v) is 5.88. The predicted molar refractivity (Wildman–Crippen MR) is 92.0 cm³/mol. The third-order valence-electron chi connectivity index (χ3n) is 4.16. The molecular formula is C17H16N6O3. The topological polar surface area (TPSA) is 102 Å². The lowest BCUT2D eigenvalue weighted by Gasteiger charge is -2.17. The largest absolute Gasteiger partial charge is 0.497 e. The molecule has 1 aromatic carbocycles. The maximum atomic E-state index is 12.4. The molecule has 9 nitrogen and oxygen atoms in total. The minimum atomic E-state index is -0.426. The molecule has 0 saturated carbocycles. The number of hydrogen-bond donors (Lipinski definition) is 1. The van der Waals surface area contributed by atoms with E-state index in [2.05, 4.69) is 20.4 Å². The highest BCUT2D eigenvalue weighted by Gasteiger charge is 2.32. The van der Waals surface area contributed by atoms with Gasteiger partial charge in [-0.05, 0) is 30.3 Å². The van der Waals surface area contributed by atoms with Crippen LogP contribution in [0.15, 0.2) is 42.7 Å². The Morgan fingerprint density at radius 2 is 2.12 bits per heavy atom. The summed E-state index contributed by atoms with van der Waals surface area (Å²) in [7, 11) is 1.59. The SMILES string of the molecule is COc1ccc(N2C[C@H](NC(=O)c3nc4ncccn4n3)CC2=O)cc1. The molecule has 1 fully saturated rings. The maximum absolute atomic E-state index is 12.4. The van der Waals surface area contributed by atoms with Crippen LogP contribution in [0.1, 0.15) is 17.0 Å². The van der Waals surface area contributed by atoms with Crippen molar-refractivity contribution in [1.29, 1.82) is 0 Å². The minimum Gasteiger partial charge on any atom is -0.497 e. The predicted octanol–water partition coefficient (Wildman–Crippen LogP) is 0.668. The fourth-order valence-electron chi connectivity index (χ4n) is 2.89. The first kappa shape index (κ1) is 16.0. The van der Waals surface area contributed by atoms with E-state index in [0.717, 1.165) is 11.4 Å². The lowest BCUT2D eigenvalue weighted by molar-refractivity contribution is -0.117. The summed E-state index contributed by atoms with van der Waals surface area (Å²) >= 11 is 0. The van der Waals surface area contributed by atoms with Crippen LogP contribution in [0.2, 0.25) is 0 Å². The lowest BCUT2D eigenvalue weighted by Crippen LogP contribution is -2.37. The Balaban J connectivity index is 1.45. The molecule has 2 aromatic heterocycles. The fourth-order valence-corrected chi connectivity index (χ4v) is 2.89. The van der Waals surface area contributed by atoms with E-state index in [9.17, 15) is 9.59 Å². The van der Waals surface area contributed by atoms with Crippen molar-refractivity contribution in [1.82, 2.24) is 24.9 Å².